The Labute approximate surface area is 192 Å². The summed E-state index contributed by atoms with van der Waals surface area (Å²) in [5.41, 5.74) is 1.04. The predicted octanol–water partition coefficient (Wildman–Crippen LogP) is 4.83. The van der Waals surface area contributed by atoms with Crippen LogP contribution in [0.4, 0.5) is 5.82 Å². The van der Waals surface area contributed by atoms with Crippen molar-refractivity contribution in [2.45, 2.75) is 39.5 Å². The molecular formula is C22H26Cl2N4O3. The highest BCUT2D eigenvalue weighted by Gasteiger charge is 2.21. The largest absolute Gasteiger partial charge is 0.475 e. The van der Waals surface area contributed by atoms with E-state index in [2.05, 4.69) is 15.3 Å². The molecule has 0 saturated carbocycles. The summed E-state index contributed by atoms with van der Waals surface area (Å²) < 4.78 is 5.72. The van der Waals surface area contributed by atoms with Crippen molar-refractivity contribution in [2.24, 2.45) is 5.92 Å². The second-order valence-electron chi connectivity index (χ2n) is 7.37. The third kappa shape index (κ3) is 5.86. The van der Waals surface area contributed by atoms with E-state index in [0.29, 0.717) is 53.7 Å². The number of carbonyl (C=O) groups is 2. The van der Waals surface area contributed by atoms with Crippen LogP contribution >= 0.6 is 23.2 Å². The SMILES string of the molecule is CCC(CC)C(=O)Nc1nc(OCCN2CCCC2=O)cnc1-c1ccc(Cl)cc1Cl. The van der Waals surface area contributed by atoms with Crippen molar-refractivity contribution in [3.63, 3.8) is 0 Å². The monoisotopic (exact) mass is 464 g/mol. The van der Waals surface area contributed by atoms with Crippen molar-refractivity contribution in [1.29, 1.82) is 0 Å². The minimum atomic E-state index is -0.138. The maximum absolute atomic E-state index is 12.7. The molecule has 0 atom stereocenters. The third-order valence-electron chi connectivity index (χ3n) is 5.32. The van der Waals surface area contributed by atoms with Crippen molar-refractivity contribution >= 4 is 40.8 Å². The molecule has 2 amide bonds. The number of hydrogen-bond acceptors (Lipinski definition) is 5. The highest BCUT2D eigenvalue weighted by atomic mass is 35.5. The number of carbonyl (C=O) groups excluding carboxylic acids is 2. The highest BCUT2D eigenvalue weighted by molar-refractivity contribution is 6.36. The van der Waals surface area contributed by atoms with Crippen molar-refractivity contribution in [3.05, 3.63) is 34.4 Å². The smallest absolute Gasteiger partial charge is 0.234 e. The van der Waals surface area contributed by atoms with Crippen LogP contribution in [0.25, 0.3) is 11.3 Å². The molecule has 2 heterocycles. The normalized spacial score (nSPS) is 13.7. The Morgan fingerprint density at radius 3 is 2.71 bits per heavy atom. The average molecular weight is 465 g/mol. The Bertz CT molecular complexity index is 950. The van der Waals surface area contributed by atoms with Gasteiger partial charge < -0.3 is 15.0 Å². The summed E-state index contributed by atoms with van der Waals surface area (Å²) in [5.74, 6) is 0.406. The summed E-state index contributed by atoms with van der Waals surface area (Å²) in [6, 6.07) is 5.06. The van der Waals surface area contributed by atoms with E-state index in [4.69, 9.17) is 27.9 Å². The maximum atomic E-state index is 12.7. The number of rotatable bonds is 9. The molecule has 166 valence electrons. The molecule has 9 heteroatoms. The van der Waals surface area contributed by atoms with Gasteiger partial charge in [-0.05, 0) is 37.5 Å². The fourth-order valence-electron chi connectivity index (χ4n) is 3.49. The summed E-state index contributed by atoms with van der Waals surface area (Å²) >= 11 is 12.4. The number of likely N-dealkylation sites (tertiary alicyclic amines) is 1. The van der Waals surface area contributed by atoms with Crippen LogP contribution in [0, 0.1) is 5.92 Å². The second kappa shape index (κ2) is 10.8. The van der Waals surface area contributed by atoms with Gasteiger partial charge in [0.2, 0.25) is 17.7 Å². The van der Waals surface area contributed by atoms with Crippen molar-refractivity contribution in [2.75, 3.05) is 25.0 Å². The molecule has 1 N–H and O–H groups in total. The van der Waals surface area contributed by atoms with Gasteiger partial charge in [0.1, 0.15) is 12.3 Å². The van der Waals surface area contributed by atoms with E-state index in [1.54, 1.807) is 23.1 Å². The molecule has 3 rings (SSSR count). The minimum absolute atomic E-state index is 0.134. The molecule has 1 fully saturated rings. The number of anilines is 1. The number of amides is 2. The Balaban J connectivity index is 1.83. The van der Waals surface area contributed by atoms with Gasteiger partial charge in [0.15, 0.2) is 5.82 Å². The van der Waals surface area contributed by atoms with Gasteiger partial charge >= 0.3 is 0 Å². The van der Waals surface area contributed by atoms with Gasteiger partial charge in [-0.3, -0.25) is 9.59 Å². The molecule has 1 aliphatic heterocycles. The van der Waals surface area contributed by atoms with Crippen LogP contribution in [0.1, 0.15) is 39.5 Å². The van der Waals surface area contributed by atoms with Crippen molar-refractivity contribution in [1.82, 2.24) is 14.9 Å². The van der Waals surface area contributed by atoms with Crippen LogP contribution in [0.3, 0.4) is 0 Å². The molecule has 0 unspecified atom stereocenters. The zero-order valence-electron chi connectivity index (χ0n) is 17.7. The topological polar surface area (TPSA) is 84.4 Å². The number of halogens is 2. The average Bonchev–Trinajstić information content (AvgIpc) is 3.14. The summed E-state index contributed by atoms with van der Waals surface area (Å²) in [4.78, 5) is 35.2. The molecule has 31 heavy (non-hydrogen) atoms. The van der Waals surface area contributed by atoms with E-state index in [1.807, 2.05) is 13.8 Å². The Morgan fingerprint density at radius 1 is 1.29 bits per heavy atom. The molecule has 0 aliphatic carbocycles. The molecule has 0 spiro atoms. The number of benzene rings is 1. The third-order valence-corrected chi connectivity index (χ3v) is 5.86. The lowest BCUT2D eigenvalue weighted by atomic mass is 10.0. The van der Waals surface area contributed by atoms with E-state index in [9.17, 15) is 9.59 Å². The molecule has 7 nitrogen and oxygen atoms in total. The lowest BCUT2D eigenvalue weighted by Gasteiger charge is -2.17. The first kappa shape index (κ1) is 23.3. The quantitative estimate of drug-likeness (QED) is 0.574. The fraction of sp³-hybridized carbons (Fsp3) is 0.455. The Morgan fingerprint density at radius 2 is 2.06 bits per heavy atom. The Kier molecular flexibility index (Phi) is 8.09. The number of aromatic nitrogens is 2. The van der Waals surface area contributed by atoms with Crippen LogP contribution in [0.15, 0.2) is 24.4 Å². The van der Waals surface area contributed by atoms with Crippen molar-refractivity contribution in [3.8, 4) is 17.1 Å². The first-order valence-electron chi connectivity index (χ1n) is 10.5. The van der Waals surface area contributed by atoms with Gasteiger partial charge in [-0.15, -0.1) is 0 Å². The molecule has 1 aliphatic rings. The predicted molar refractivity (Wildman–Crippen MR) is 121 cm³/mol. The lowest BCUT2D eigenvalue weighted by molar-refractivity contribution is -0.128. The summed E-state index contributed by atoms with van der Waals surface area (Å²) in [6.07, 6.45) is 4.38. The summed E-state index contributed by atoms with van der Waals surface area (Å²) in [7, 11) is 0. The molecule has 1 saturated heterocycles. The number of nitrogens with one attached hydrogen (secondary N) is 1. The molecule has 0 radical (unpaired) electrons. The highest BCUT2D eigenvalue weighted by Crippen LogP contribution is 2.34. The number of nitrogens with zero attached hydrogens (tertiary/aromatic N) is 3. The zero-order valence-corrected chi connectivity index (χ0v) is 19.2. The van der Waals surface area contributed by atoms with E-state index < -0.39 is 0 Å². The van der Waals surface area contributed by atoms with Gasteiger partial charge in [0.05, 0.1) is 17.8 Å². The van der Waals surface area contributed by atoms with Crippen LogP contribution in [-0.4, -0.2) is 46.4 Å². The molecule has 0 bridgehead atoms. The van der Waals surface area contributed by atoms with Gasteiger partial charge in [-0.2, -0.15) is 4.98 Å². The first-order chi connectivity index (χ1) is 14.9. The molecule has 1 aromatic heterocycles. The van der Waals surface area contributed by atoms with E-state index >= 15 is 0 Å². The van der Waals surface area contributed by atoms with Crippen LogP contribution in [0.5, 0.6) is 5.88 Å². The van der Waals surface area contributed by atoms with Crippen LogP contribution in [0.2, 0.25) is 10.0 Å². The van der Waals surface area contributed by atoms with Gasteiger partial charge in [0, 0.05) is 29.5 Å². The summed E-state index contributed by atoms with van der Waals surface area (Å²) in [6.45, 7) is 5.46. The number of hydrogen-bond donors (Lipinski definition) is 1. The van der Waals surface area contributed by atoms with Crippen molar-refractivity contribution < 1.29 is 14.3 Å². The first-order valence-corrected chi connectivity index (χ1v) is 11.2. The van der Waals surface area contributed by atoms with Gasteiger partial charge in [0.25, 0.3) is 0 Å². The van der Waals surface area contributed by atoms with Gasteiger partial charge in [-0.25, -0.2) is 4.98 Å². The minimum Gasteiger partial charge on any atom is -0.475 e. The zero-order chi connectivity index (χ0) is 22.4. The van der Waals surface area contributed by atoms with Gasteiger partial charge in [-0.1, -0.05) is 37.0 Å². The number of ether oxygens (including phenoxy) is 1. The van der Waals surface area contributed by atoms with E-state index in [1.165, 1.54) is 6.20 Å². The lowest BCUT2D eigenvalue weighted by Crippen LogP contribution is -2.29. The van der Waals surface area contributed by atoms with E-state index in [-0.39, 0.29) is 29.4 Å². The fourth-order valence-corrected chi connectivity index (χ4v) is 3.99. The summed E-state index contributed by atoms with van der Waals surface area (Å²) in [5, 5.41) is 3.79. The van der Waals surface area contributed by atoms with Crippen LogP contribution in [-0.2, 0) is 9.59 Å². The van der Waals surface area contributed by atoms with Crippen LogP contribution < -0.4 is 10.1 Å². The molecular weight excluding hydrogens is 439 g/mol. The van der Waals surface area contributed by atoms with E-state index in [0.717, 1.165) is 13.0 Å². The Hall–Kier alpha value is -2.38. The molecule has 1 aromatic carbocycles. The molecule has 2 aromatic rings. The standard InChI is InChI=1S/C22H26Cl2N4O3/c1-3-14(4-2)22(30)27-21-20(16-8-7-15(23)12-17(16)24)25-13-18(26-21)31-11-10-28-9-5-6-19(28)29/h7-8,12-14H,3-6,9-11H2,1-2H3,(H,26,27,30). The second-order valence-corrected chi connectivity index (χ2v) is 8.21. The maximum Gasteiger partial charge on any atom is 0.234 e.